The maximum absolute atomic E-state index is 12.9. The topological polar surface area (TPSA) is 57.8 Å². The van der Waals surface area contributed by atoms with Crippen molar-refractivity contribution in [2.45, 2.75) is 64.7 Å². The summed E-state index contributed by atoms with van der Waals surface area (Å²) in [7, 11) is 0. The summed E-state index contributed by atoms with van der Waals surface area (Å²) in [5.41, 5.74) is 7.39. The predicted molar refractivity (Wildman–Crippen MR) is 154 cm³/mol. The number of rotatable bonds is 5. The minimum Gasteiger partial charge on any atom is -0.321 e. The van der Waals surface area contributed by atoms with E-state index in [9.17, 15) is 10.1 Å². The maximum Gasteiger partial charge on any atom is 0.266 e. The van der Waals surface area contributed by atoms with Gasteiger partial charge in [0.15, 0.2) is 0 Å². The number of halogens is 1. The van der Waals surface area contributed by atoms with E-state index in [1.807, 2.05) is 19.9 Å². The zero-order chi connectivity index (χ0) is 26.6. The lowest BCUT2D eigenvalue weighted by molar-refractivity contribution is -0.112. The summed E-state index contributed by atoms with van der Waals surface area (Å²) in [5.74, 6) is 2.35. The molecule has 1 N–H and O–H groups in total. The Bertz CT molecular complexity index is 1450. The number of hydrogen-bond donors (Lipinski definition) is 1. The number of aromatic nitrogens is 1. The third kappa shape index (κ3) is 4.28. The number of anilines is 1. The van der Waals surface area contributed by atoms with Crippen LogP contribution in [0.3, 0.4) is 0 Å². The molecule has 4 fully saturated rings. The fourth-order valence-electron chi connectivity index (χ4n) is 8.00. The van der Waals surface area contributed by atoms with Crippen molar-refractivity contribution in [1.29, 1.82) is 5.26 Å². The van der Waals surface area contributed by atoms with Crippen molar-refractivity contribution in [2.24, 2.45) is 17.8 Å². The molecule has 7 rings (SSSR count). The Hall–Kier alpha value is -3.29. The van der Waals surface area contributed by atoms with Gasteiger partial charge in [-0.3, -0.25) is 4.79 Å². The molecule has 0 radical (unpaired) electrons. The van der Waals surface area contributed by atoms with Crippen LogP contribution < -0.4 is 5.32 Å². The minimum absolute atomic E-state index is 0.0572. The Kier molecular flexibility index (Phi) is 6.23. The fourth-order valence-corrected chi connectivity index (χ4v) is 8.17. The highest BCUT2D eigenvalue weighted by Crippen LogP contribution is 2.60. The third-order valence-electron chi connectivity index (χ3n) is 9.43. The van der Waals surface area contributed by atoms with Crippen LogP contribution in [0.25, 0.3) is 11.8 Å². The van der Waals surface area contributed by atoms with Crippen molar-refractivity contribution in [1.82, 2.24) is 4.57 Å². The van der Waals surface area contributed by atoms with Gasteiger partial charge in [-0.15, -0.1) is 0 Å². The Morgan fingerprint density at radius 1 is 1.03 bits per heavy atom. The van der Waals surface area contributed by atoms with Gasteiger partial charge in [-0.05, 0) is 136 Å². The highest BCUT2D eigenvalue weighted by Gasteiger charge is 2.51. The van der Waals surface area contributed by atoms with Gasteiger partial charge in [0.2, 0.25) is 0 Å². The van der Waals surface area contributed by atoms with Crippen LogP contribution in [0, 0.1) is 49.9 Å². The number of nitrogens with zero attached hydrogens (tertiary/aromatic N) is 2. The van der Waals surface area contributed by atoms with Crippen molar-refractivity contribution < 1.29 is 4.79 Å². The number of carbonyl (C=O) groups is 1. The number of benzene rings is 2. The van der Waals surface area contributed by atoms with Gasteiger partial charge in [-0.2, -0.15) is 5.26 Å². The van der Waals surface area contributed by atoms with E-state index >= 15 is 0 Å². The predicted octanol–water partition coefficient (Wildman–Crippen LogP) is 8.07. The van der Waals surface area contributed by atoms with E-state index in [4.69, 9.17) is 11.6 Å². The molecular weight excluding hydrogens is 490 g/mol. The molecule has 38 heavy (non-hydrogen) atoms. The van der Waals surface area contributed by atoms with E-state index in [2.05, 4.69) is 47.1 Å². The number of hydrogen-bond acceptors (Lipinski definition) is 2. The zero-order valence-corrected chi connectivity index (χ0v) is 23.1. The van der Waals surface area contributed by atoms with Crippen LogP contribution in [-0.4, -0.2) is 10.5 Å². The normalized spacial score (nSPS) is 25.9. The zero-order valence-electron chi connectivity index (χ0n) is 22.4. The molecule has 4 aliphatic carbocycles. The van der Waals surface area contributed by atoms with Crippen LogP contribution in [0.1, 0.15) is 66.6 Å². The Balaban J connectivity index is 1.26. The van der Waals surface area contributed by atoms with E-state index in [1.165, 1.54) is 44.1 Å². The summed E-state index contributed by atoms with van der Waals surface area (Å²) in [5, 5.41) is 13.2. The largest absolute Gasteiger partial charge is 0.321 e. The molecule has 194 valence electrons. The molecule has 0 aliphatic heterocycles. The average molecular weight is 524 g/mol. The highest BCUT2D eigenvalue weighted by atomic mass is 35.5. The summed E-state index contributed by atoms with van der Waals surface area (Å²) in [4.78, 5) is 12.9. The van der Waals surface area contributed by atoms with Crippen molar-refractivity contribution in [3.63, 3.8) is 0 Å². The lowest BCUT2D eigenvalue weighted by Crippen LogP contribution is -2.48. The first kappa shape index (κ1) is 25.0. The lowest BCUT2D eigenvalue weighted by atomic mass is 9.48. The number of aryl methyl sites for hydroxylation is 1. The summed E-state index contributed by atoms with van der Waals surface area (Å²) < 4.78 is 2.21. The molecule has 4 bridgehead atoms. The minimum atomic E-state index is -0.442. The number of nitriles is 1. The molecule has 3 aromatic rings. The second-order valence-corrected chi connectivity index (χ2v) is 12.4. The summed E-state index contributed by atoms with van der Waals surface area (Å²) in [6.45, 7) is 5.95. The van der Waals surface area contributed by atoms with Gasteiger partial charge < -0.3 is 9.88 Å². The number of amides is 1. The quantitative estimate of drug-likeness (QED) is 0.271. The summed E-state index contributed by atoms with van der Waals surface area (Å²) in [6.07, 6.45) is 10.1. The average Bonchev–Trinajstić information content (AvgIpc) is 3.16. The van der Waals surface area contributed by atoms with Crippen LogP contribution in [0.4, 0.5) is 5.69 Å². The SMILES string of the molecule is Cc1c(Cl)cccc1NC(=O)/C(C#N)=C\c1cc(C)n(-c2ccc(C34CC5CC(CC(C5)C3)C4)cc2)c1C. The fraction of sp³-hybridized carbons (Fsp3) is 0.394. The van der Waals surface area contributed by atoms with Gasteiger partial charge in [0.05, 0.1) is 0 Å². The van der Waals surface area contributed by atoms with E-state index in [-0.39, 0.29) is 5.57 Å². The highest BCUT2D eigenvalue weighted by molar-refractivity contribution is 6.31. The molecule has 4 saturated carbocycles. The molecule has 4 nitrogen and oxygen atoms in total. The molecule has 1 heterocycles. The molecule has 2 aromatic carbocycles. The van der Waals surface area contributed by atoms with Gasteiger partial charge in [0.1, 0.15) is 11.6 Å². The molecule has 0 atom stereocenters. The van der Waals surface area contributed by atoms with Crippen LogP contribution in [0.2, 0.25) is 5.02 Å². The van der Waals surface area contributed by atoms with E-state index in [1.54, 1.807) is 24.3 Å². The second kappa shape index (κ2) is 9.47. The van der Waals surface area contributed by atoms with E-state index in [0.717, 1.165) is 46.0 Å². The van der Waals surface area contributed by atoms with Gasteiger partial charge in [0, 0.05) is 27.8 Å². The van der Waals surface area contributed by atoms with Crippen LogP contribution in [0.15, 0.2) is 54.1 Å². The van der Waals surface area contributed by atoms with Crippen molar-refractivity contribution >= 4 is 29.3 Å². The number of carbonyl (C=O) groups excluding carboxylic acids is 1. The third-order valence-corrected chi connectivity index (χ3v) is 9.84. The Morgan fingerprint density at radius 3 is 2.26 bits per heavy atom. The molecule has 4 aliphatic rings. The maximum atomic E-state index is 12.9. The molecule has 0 spiro atoms. The smallest absolute Gasteiger partial charge is 0.266 e. The summed E-state index contributed by atoms with van der Waals surface area (Å²) in [6, 6.07) is 18.7. The standard InChI is InChI=1S/C33H34ClN3O/c1-20-11-26(15-27(19-35)32(38)36-31-6-4-5-30(34)21(31)2)22(3)37(20)29-9-7-28(8-10-29)33-16-23-12-24(17-33)14-25(13-23)18-33/h4-11,15,23-25H,12-14,16-18H2,1-3H3,(H,36,38)/b27-15-. The van der Waals surface area contributed by atoms with Gasteiger partial charge in [0.25, 0.3) is 5.91 Å². The van der Waals surface area contributed by atoms with Gasteiger partial charge >= 0.3 is 0 Å². The first-order valence-electron chi connectivity index (χ1n) is 13.7. The molecule has 1 aromatic heterocycles. The van der Waals surface area contributed by atoms with Crippen LogP contribution in [0.5, 0.6) is 0 Å². The first-order valence-corrected chi connectivity index (χ1v) is 14.1. The van der Waals surface area contributed by atoms with Crippen LogP contribution in [-0.2, 0) is 10.2 Å². The van der Waals surface area contributed by atoms with Crippen molar-refractivity contribution in [2.75, 3.05) is 5.32 Å². The van der Waals surface area contributed by atoms with Crippen LogP contribution >= 0.6 is 11.6 Å². The molecule has 0 unspecified atom stereocenters. The van der Waals surface area contributed by atoms with Gasteiger partial charge in [-0.1, -0.05) is 29.8 Å². The Morgan fingerprint density at radius 2 is 1.66 bits per heavy atom. The van der Waals surface area contributed by atoms with E-state index < -0.39 is 5.91 Å². The Labute approximate surface area is 230 Å². The molecule has 0 saturated heterocycles. The molecule has 1 amide bonds. The van der Waals surface area contributed by atoms with E-state index in [0.29, 0.717) is 16.1 Å². The second-order valence-electron chi connectivity index (χ2n) is 11.9. The van der Waals surface area contributed by atoms with Crippen molar-refractivity contribution in [3.05, 3.63) is 87.2 Å². The lowest BCUT2D eigenvalue weighted by Gasteiger charge is -2.57. The number of nitrogens with one attached hydrogen (secondary N) is 1. The van der Waals surface area contributed by atoms with Crippen molar-refractivity contribution in [3.8, 4) is 11.8 Å². The summed E-state index contributed by atoms with van der Waals surface area (Å²) >= 11 is 6.19. The monoisotopic (exact) mass is 523 g/mol. The first-order chi connectivity index (χ1) is 18.3. The molecule has 5 heteroatoms. The van der Waals surface area contributed by atoms with Gasteiger partial charge in [-0.25, -0.2) is 0 Å². The molecular formula is C33H34ClN3O.